The monoisotopic (exact) mass is 258 g/mol. The van der Waals surface area contributed by atoms with E-state index in [1.165, 1.54) is 17.5 Å². The van der Waals surface area contributed by atoms with E-state index in [2.05, 4.69) is 18.2 Å². The van der Waals surface area contributed by atoms with Crippen LogP contribution in [0.4, 0.5) is 5.69 Å². The van der Waals surface area contributed by atoms with Gasteiger partial charge in [-0.15, -0.1) is 0 Å². The number of fused-ring (bicyclic) bond motifs is 1. The lowest BCUT2D eigenvalue weighted by molar-refractivity contribution is -0.124. The van der Waals surface area contributed by atoms with Gasteiger partial charge in [0.05, 0.1) is 0 Å². The van der Waals surface area contributed by atoms with Gasteiger partial charge in [0, 0.05) is 18.2 Å². The fourth-order valence-corrected chi connectivity index (χ4v) is 3.08. The number of benzene rings is 1. The third kappa shape index (κ3) is 2.39. The SMILES string of the molecule is NCCc1ccc2c(c1)CCCN2C(=O)C1CCC1. The Hall–Kier alpha value is -1.35. The van der Waals surface area contributed by atoms with E-state index in [1.54, 1.807) is 0 Å². The number of hydrogen-bond acceptors (Lipinski definition) is 2. The number of anilines is 1. The molecule has 1 amide bonds. The van der Waals surface area contributed by atoms with Gasteiger partial charge >= 0.3 is 0 Å². The van der Waals surface area contributed by atoms with Gasteiger partial charge < -0.3 is 10.6 Å². The van der Waals surface area contributed by atoms with Crippen LogP contribution >= 0.6 is 0 Å². The van der Waals surface area contributed by atoms with Crippen LogP contribution in [0.25, 0.3) is 0 Å². The predicted octanol–water partition coefficient (Wildman–Crippen LogP) is 2.27. The number of amides is 1. The van der Waals surface area contributed by atoms with Gasteiger partial charge in [0.2, 0.25) is 5.91 Å². The Balaban J connectivity index is 1.85. The van der Waals surface area contributed by atoms with Crippen molar-refractivity contribution in [3.05, 3.63) is 29.3 Å². The third-order valence-electron chi connectivity index (χ3n) is 4.42. The molecule has 0 spiro atoms. The second-order valence-electron chi connectivity index (χ2n) is 5.72. The molecule has 0 bridgehead atoms. The van der Waals surface area contributed by atoms with Gasteiger partial charge in [0.25, 0.3) is 0 Å². The summed E-state index contributed by atoms with van der Waals surface area (Å²) in [7, 11) is 0. The zero-order valence-corrected chi connectivity index (χ0v) is 11.4. The standard InChI is InChI=1S/C16H22N2O/c17-9-8-12-6-7-15-14(11-12)5-2-10-18(15)16(19)13-3-1-4-13/h6-7,11,13H,1-5,8-10,17H2. The van der Waals surface area contributed by atoms with Crippen molar-refractivity contribution in [1.29, 1.82) is 0 Å². The molecule has 102 valence electrons. The normalized spacial score (nSPS) is 18.9. The first-order valence-corrected chi connectivity index (χ1v) is 7.43. The van der Waals surface area contributed by atoms with E-state index in [4.69, 9.17) is 5.73 Å². The molecule has 2 N–H and O–H groups in total. The second-order valence-corrected chi connectivity index (χ2v) is 5.72. The molecule has 1 heterocycles. The first-order chi connectivity index (χ1) is 9.29. The summed E-state index contributed by atoms with van der Waals surface area (Å²) >= 11 is 0. The fraction of sp³-hybridized carbons (Fsp3) is 0.562. The van der Waals surface area contributed by atoms with Crippen LogP contribution in [0.5, 0.6) is 0 Å². The van der Waals surface area contributed by atoms with E-state index in [-0.39, 0.29) is 5.92 Å². The van der Waals surface area contributed by atoms with Crippen molar-refractivity contribution >= 4 is 11.6 Å². The van der Waals surface area contributed by atoms with Gasteiger partial charge in [-0.05, 0) is 55.8 Å². The number of nitrogens with two attached hydrogens (primary N) is 1. The smallest absolute Gasteiger partial charge is 0.230 e. The third-order valence-corrected chi connectivity index (χ3v) is 4.42. The topological polar surface area (TPSA) is 46.3 Å². The Morgan fingerprint density at radius 3 is 2.84 bits per heavy atom. The van der Waals surface area contributed by atoms with Crippen molar-refractivity contribution in [1.82, 2.24) is 0 Å². The maximum atomic E-state index is 12.5. The average Bonchev–Trinajstić information content (AvgIpc) is 2.36. The van der Waals surface area contributed by atoms with E-state index in [0.29, 0.717) is 12.5 Å². The lowest BCUT2D eigenvalue weighted by atomic mass is 9.83. The zero-order chi connectivity index (χ0) is 13.2. The number of carbonyl (C=O) groups is 1. The first-order valence-electron chi connectivity index (χ1n) is 7.43. The van der Waals surface area contributed by atoms with Gasteiger partial charge in [0.15, 0.2) is 0 Å². The molecule has 1 aromatic rings. The fourth-order valence-electron chi connectivity index (χ4n) is 3.08. The van der Waals surface area contributed by atoms with Crippen LogP contribution in [0.3, 0.4) is 0 Å². The number of aryl methyl sites for hydroxylation is 1. The Kier molecular flexibility index (Phi) is 3.56. The van der Waals surface area contributed by atoms with E-state index >= 15 is 0 Å². The van der Waals surface area contributed by atoms with Crippen LogP contribution in [0, 0.1) is 5.92 Å². The molecule has 1 fully saturated rings. The van der Waals surface area contributed by atoms with Crippen LogP contribution in [0.2, 0.25) is 0 Å². The molecular formula is C16H22N2O. The van der Waals surface area contributed by atoms with Gasteiger partial charge in [0.1, 0.15) is 0 Å². The van der Waals surface area contributed by atoms with Crippen molar-refractivity contribution in [3.8, 4) is 0 Å². The van der Waals surface area contributed by atoms with Crippen molar-refractivity contribution in [3.63, 3.8) is 0 Å². The molecule has 0 saturated heterocycles. The van der Waals surface area contributed by atoms with Gasteiger partial charge in [-0.2, -0.15) is 0 Å². The molecule has 3 nitrogen and oxygen atoms in total. The van der Waals surface area contributed by atoms with Gasteiger partial charge in [-0.3, -0.25) is 4.79 Å². The number of nitrogens with zero attached hydrogens (tertiary/aromatic N) is 1. The van der Waals surface area contributed by atoms with Crippen LogP contribution < -0.4 is 10.6 Å². The minimum atomic E-state index is 0.287. The van der Waals surface area contributed by atoms with Crippen molar-refractivity contribution in [2.75, 3.05) is 18.0 Å². The molecule has 2 aliphatic rings. The number of hydrogen-bond donors (Lipinski definition) is 1. The molecule has 0 atom stereocenters. The summed E-state index contributed by atoms with van der Waals surface area (Å²) in [6.45, 7) is 1.57. The summed E-state index contributed by atoms with van der Waals surface area (Å²) in [5, 5.41) is 0. The van der Waals surface area contributed by atoms with Crippen LogP contribution in [0.15, 0.2) is 18.2 Å². The predicted molar refractivity (Wildman–Crippen MR) is 77.2 cm³/mol. The van der Waals surface area contributed by atoms with Crippen molar-refractivity contribution in [2.24, 2.45) is 11.7 Å². The minimum Gasteiger partial charge on any atom is -0.330 e. The van der Waals surface area contributed by atoms with E-state index in [1.807, 2.05) is 4.90 Å². The largest absolute Gasteiger partial charge is 0.330 e. The number of rotatable bonds is 3. The van der Waals surface area contributed by atoms with E-state index < -0.39 is 0 Å². The molecule has 1 aliphatic carbocycles. The van der Waals surface area contributed by atoms with E-state index in [9.17, 15) is 4.79 Å². The van der Waals surface area contributed by atoms with Gasteiger partial charge in [-0.1, -0.05) is 18.6 Å². The van der Waals surface area contributed by atoms with Crippen molar-refractivity contribution < 1.29 is 4.79 Å². The highest BCUT2D eigenvalue weighted by molar-refractivity contribution is 5.96. The summed E-state index contributed by atoms with van der Waals surface area (Å²) in [4.78, 5) is 14.5. The zero-order valence-electron chi connectivity index (χ0n) is 11.4. The van der Waals surface area contributed by atoms with Crippen LogP contribution in [-0.2, 0) is 17.6 Å². The molecule has 19 heavy (non-hydrogen) atoms. The summed E-state index contributed by atoms with van der Waals surface area (Å²) < 4.78 is 0. The highest BCUT2D eigenvalue weighted by atomic mass is 16.2. The summed E-state index contributed by atoms with van der Waals surface area (Å²) in [6, 6.07) is 6.48. The van der Waals surface area contributed by atoms with Gasteiger partial charge in [-0.25, -0.2) is 0 Å². The average molecular weight is 258 g/mol. The second kappa shape index (κ2) is 5.33. The molecule has 1 aromatic carbocycles. The van der Waals surface area contributed by atoms with Crippen LogP contribution in [-0.4, -0.2) is 19.0 Å². The van der Waals surface area contributed by atoms with Crippen LogP contribution in [0.1, 0.15) is 36.8 Å². The molecular weight excluding hydrogens is 236 g/mol. The molecule has 3 rings (SSSR count). The molecule has 3 heteroatoms. The lowest BCUT2D eigenvalue weighted by Gasteiger charge is -2.35. The Labute approximate surface area is 114 Å². The Bertz CT molecular complexity index is 480. The maximum Gasteiger partial charge on any atom is 0.230 e. The summed E-state index contributed by atoms with van der Waals surface area (Å²) in [5.41, 5.74) is 9.37. The molecule has 0 radical (unpaired) electrons. The number of carbonyl (C=O) groups excluding carboxylic acids is 1. The highest BCUT2D eigenvalue weighted by Gasteiger charge is 2.32. The lowest BCUT2D eigenvalue weighted by Crippen LogP contribution is -2.41. The molecule has 0 unspecified atom stereocenters. The minimum absolute atomic E-state index is 0.287. The van der Waals surface area contributed by atoms with Crippen molar-refractivity contribution in [2.45, 2.75) is 38.5 Å². The Morgan fingerprint density at radius 2 is 2.16 bits per heavy atom. The van der Waals surface area contributed by atoms with E-state index in [0.717, 1.165) is 44.3 Å². The maximum absolute atomic E-state index is 12.5. The highest BCUT2D eigenvalue weighted by Crippen LogP contribution is 2.34. The molecule has 1 saturated carbocycles. The summed E-state index contributed by atoms with van der Waals surface area (Å²) in [6.07, 6.45) is 6.46. The molecule has 0 aromatic heterocycles. The summed E-state index contributed by atoms with van der Waals surface area (Å²) in [5.74, 6) is 0.633. The quantitative estimate of drug-likeness (QED) is 0.904. The first kappa shape index (κ1) is 12.7. The Morgan fingerprint density at radius 1 is 1.32 bits per heavy atom. The molecule has 1 aliphatic heterocycles.